The van der Waals surface area contributed by atoms with Crippen LogP contribution in [0.2, 0.25) is 5.02 Å². The lowest BCUT2D eigenvalue weighted by Crippen LogP contribution is -2.22. The lowest BCUT2D eigenvalue weighted by atomic mass is 10.2. The second-order valence-corrected chi connectivity index (χ2v) is 8.37. The Bertz CT molecular complexity index is 785. The molecule has 2 rings (SSSR count). The maximum atomic E-state index is 11.1. The molecular formula is C16H22ClN3O2S. The first-order chi connectivity index (χ1) is 10.8. The molecule has 5 nitrogen and oxygen atoms in total. The van der Waals surface area contributed by atoms with Crippen LogP contribution in [0.1, 0.15) is 22.5 Å². The molecule has 0 aliphatic rings. The molecule has 23 heavy (non-hydrogen) atoms. The Labute approximate surface area is 142 Å². The van der Waals surface area contributed by atoms with E-state index in [2.05, 4.69) is 10.4 Å². The molecule has 0 fully saturated rings. The highest BCUT2D eigenvalue weighted by atomic mass is 35.5. The van der Waals surface area contributed by atoms with E-state index in [4.69, 9.17) is 11.6 Å². The Morgan fingerprint density at radius 3 is 2.61 bits per heavy atom. The predicted octanol–water partition coefficient (Wildman–Crippen LogP) is 2.34. The fourth-order valence-corrected chi connectivity index (χ4v) is 3.11. The minimum absolute atomic E-state index is 0.138. The number of nitrogens with zero attached hydrogens (tertiary/aromatic N) is 2. The molecule has 0 spiro atoms. The molecule has 0 amide bonds. The molecule has 1 aromatic heterocycles. The third-order valence-corrected chi connectivity index (χ3v) is 5.08. The van der Waals surface area contributed by atoms with Crippen LogP contribution in [0.4, 0.5) is 0 Å². The quantitative estimate of drug-likeness (QED) is 0.774. The minimum atomic E-state index is -2.94. The van der Waals surface area contributed by atoms with Crippen LogP contribution in [0.3, 0.4) is 0 Å². The van der Waals surface area contributed by atoms with Crippen LogP contribution in [0.5, 0.6) is 0 Å². The number of rotatable bonds is 7. The van der Waals surface area contributed by atoms with Crippen LogP contribution >= 0.6 is 11.6 Å². The van der Waals surface area contributed by atoms with Crippen molar-refractivity contribution in [3.05, 3.63) is 51.8 Å². The van der Waals surface area contributed by atoms with Crippen molar-refractivity contribution in [2.24, 2.45) is 0 Å². The summed E-state index contributed by atoms with van der Waals surface area (Å²) in [7, 11) is -2.94. The average Bonchev–Trinajstić information content (AvgIpc) is 2.72. The summed E-state index contributed by atoms with van der Waals surface area (Å²) >= 11 is 6.21. The molecule has 1 N–H and O–H groups in total. The van der Waals surface area contributed by atoms with Crippen LogP contribution in [-0.2, 0) is 22.9 Å². The zero-order valence-corrected chi connectivity index (χ0v) is 15.2. The van der Waals surface area contributed by atoms with E-state index in [0.717, 1.165) is 27.5 Å². The van der Waals surface area contributed by atoms with Gasteiger partial charge in [-0.15, -0.1) is 0 Å². The number of hydrogen-bond donors (Lipinski definition) is 1. The van der Waals surface area contributed by atoms with Gasteiger partial charge >= 0.3 is 0 Å². The van der Waals surface area contributed by atoms with Crippen molar-refractivity contribution in [3.8, 4) is 0 Å². The highest BCUT2D eigenvalue weighted by Crippen LogP contribution is 2.19. The normalized spacial score (nSPS) is 11.8. The molecule has 0 unspecified atom stereocenters. The summed E-state index contributed by atoms with van der Waals surface area (Å²) in [6.45, 7) is 5.65. The summed E-state index contributed by atoms with van der Waals surface area (Å²) in [5.41, 5.74) is 4.14. The van der Waals surface area contributed by atoms with Crippen LogP contribution in [0, 0.1) is 13.8 Å². The van der Waals surface area contributed by atoms with Gasteiger partial charge in [0.05, 0.1) is 18.0 Å². The van der Waals surface area contributed by atoms with Gasteiger partial charge in [-0.3, -0.25) is 4.68 Å². The molecule has 0 atom stereocenters. The molecule has 0 bridgehead atoms. The van der Waals surface area contributed by atoms with Gasteiger partial charge in [0.25, 0.3) is 0 Å². The number of nitrogens with one attached hydrogen (secondary N) is 1. The summed E-state index contributed by atoms with van der Waals surface area (Å²) in [5.74, 6) is 0.138. The second kappa shape index (κ2) is 7.47. The fourth-order valence-electron chi connectivity index (χ4n) is 2.40. The molecule has 1 aromatic carbocycles. The first-order valence-corrected chi connectivity index (χ1v) is 9.86. The molecule has 0 saturated heterocycles. The van der Waals surface area contributed by atoms with E-state index in [1.807, 2.05) is 42.8 Å². The molecule has 1 heterocycles. The largest absolute Gasteiger partial charge is 0.312 e. The Kier molecular flexibility index (Phi) is 5.84. The lowest BCUT2D eigenvalue weighted by molar-refractivity contribution is 0.596. The summed E-state index contributed by atoms with van der Waals surface area (Å²) in [4.78, 5) is 0. The van der Waals surface area contributed by atoms with Gasteiger partial charge in [-0.2, -0.15) is 5.10 Å². The van der Waals surface area contributed by atoms with Crippen molar-refractivity contribution >= 4 is 21.4 Å². The first kappa shape index (κ1) is 18.0. The van der Waals surface area contributed by atoms with E-state index < -0.39 is 9.84 Å². The zero-order valence-electron chi connectivity index (χ0n) is 13.6. The predicted molar refractivity (Wildman–Crippen MR) is 93.7 cm³/mol. The highest BCUT2D eigenvalue weighted by Gasteiger charge is 2.12. The smallest absolute Gasteiger partial charge is 0.148 e. The summed E-state index contributed by atoms with van der Waals surface area (Å²) in [5, 5.41) is 8.47. The number of aromatic nitrogens is 2. The number of benzene rings is 1. The Hall–Kier alpha value is -1.37. The standard InChI is InChI=1S/C16H22ClN3O2S/c1-12-15(10-18-8-9-23(3,21)22)13(2)20(19-12)11-14-6-4-5-7-16(14)17/h4-7,18H,8-11H2,1-3H3. The van der Waals surface area contributed by atoms with Crippen molar-refractivity contribution in [2.45, 2.75) is 26.9 Å². The van der Waals surface area contributed by atoms with Gasteiger partial charge in [0.2, 0.25) is 0 Å². The van der Waals surface area contributed by atoms with Crippen molar-refractivity contribution < 1.29 is 8.42 Å². The number of sulfone groups is 1. The first-order valence-electron chi connectivity index (χ1n) is 7.42. The van der Waals surface area contributed by atoms with Crippen molar-refractivity contribution in [1.29, 1.82) is 0 Å². The summed E-state index contributed by atoms with van der Waals surface area (Å²) in [6.07, 6.45) is 1.24. The van der Waals surface area contributed by atoms with Crippen LogP contribution < -0.4 is 5.32 Å². The van der Waals surface area contributed by atoms with Gasteiger partial charge in [0.1, 0.15) is 9.84 Å². The van der Waals surface area contributed by atoms with Gasteiger partial charge in [0.15, 0.2) is 0 Å². The monoisotopic (exact) mass is 355 g/mol. The van der Waals surface area contributed by atoms with Crippen LogP contribution in [0.15, 0.2) is 24.3 Å². The second-order valence-electron chi connectivity index (χ2n) is 5.71. The Morgan fingerprint density at radius 2 is 1.96 bits per heavy atom. The topological polar surface area (TPSA) is 64.0 Å². The Balaban J connectivity index is 2.06. The van der Waals surface area contributed by atoms with E-state index in [1.165, 1.54) is 6.26 Å². The van der Waals surface area contributed by atoms with Crippen molar-refractivity contribution in [2.75, 3.05) is 18.6 Å². The minimum Gasteiger partial charge on any atom is -0.312 e. The summed E-state index contributed by atoms with van der Waals surface area (Å²) in [6, 6.07) is 7.73. The van der Waals surface area contributed by atoms with Gasteiger partial charge in [0, 0.05) is 35.6 Å². The molecule has 0 saturated carbocycles. The number of hydrogen-bond acceptors (Lipinski definition) is 4. The maximum Gasteiger partial charge on any atom is 0.148 e. The fraction of sp³-hybridized carbons (Fsp3) is 0.438. The molecule has 126 valence electrons. The maximum absolute atomic E-state index is 11.1. The molecular weight excluding hydrogens is 334 g/mol. The van der Waals surface area contributed by atoms with E-state index in [-0.39, 0.29) is 5.75 Å². The van der Waals surface area contributed by atoms with Crippen molar-refractivity contribution in [3.63, 3.8) is 0 Å². The molecule has 7 heteroatoms. The van der Waals surface area contributed by atoms with E-state index in [1.54, 1.807) is 0 Å². The van der Waals surface area contributed by atoms with Gasteiger partial charge < -0.3 is 5.32 Å². The van der Waals surface area contributed by atoms with E-state index in [9.17, 15) is 8.42 Å². The zero-order chi connectivity index (χ0) is 17.0. The average molecular weight is 356 g/mol. The summed E-state index contributed by atoms with van der Waals surface area (Å²) < 4.78 is 24.2. The SMILES string of the molecule is Cc1nn(Cc2ccccc2Cl)c(C)c1CNCCS(C)(=O)=O. The van der Waals surface area contributed by atoms with E-state index in [0.29, 0.717) is 19.6 Å². The van der Waals surface area contributed by atoms with Gasteiger partial charge in [-0.05, 0) is 25.5 Å². The van der Waals surface area contributed by atoms with Crippen LogP contribution in [-0.4, -0.2) is 36.8 Å². The third kappa shape index (κ3) is 5.06. The van der Waals surface area contributed by atoms with E-state index >= 15 is 0 Å². The third-order valence-electron chi connectivity index (χ3n) is 3.76. The molecule has 0 aliphatic carbocycles. The highest BCUT2D eigenvalue weighted by molar-refractivity contribution is 7.90. The molecule has 2 aromatic rings. The van der Waals surface area contributed by atoms with Crippen molar-refractivity contribution in [1.82, 2.24) is 15.1 Å². The number of halogens is 1. The van der Waals surface area contributed by atoms with Gasteiger partial charge in [-0.1, -0.05) is 29.8 Å². The lowest BCUT2D eigenvalue weighted by Gasteiger charge is -2.08. The Morgan fingerprint density at radius 1 is 1.26 bits per heavy atom. The van der Waals surface area contributed by atoms with Gasteiger partial charge in [-0.25, -0.2) is 8.42 Å². The molecule has 0 aliphatic heterocycles. The molecule has 0 radical (unpaired) electrons. The van der Waals surface area contributed by atoms with Crippen LogP contribution in [0.25, 0.3) is 0 Å². The number of aryl methyl sites for hydroxylation is 1.